The summed E-state index contributed by atoms with van der Waals surface area (Å²) in [5, 5.41) is 0.596. The van der Waals surface area contributed by atoms with E-state index in [9.17, 15) is 13.2 Å². The number of aromatic nitrogens is 1. The van der Waals surface area contributed by atoms with Gasteiger partial charge in [0, 0.05) is 34.4 Å². The standard InChI is InChI=1S/C14H16BrF3N2/c1-13(2,7-19)11-9-5-4-8(15)6-10(9)20(3)12(11)14(16,17)18/h4-6H,7,19H2,1-3H3. The SMILES string of the molecule is Cn1c(C(F)(F)F)c(C(C)(C)CN)c2ccc(Br)cc21. The zero-order valence-corrected chi connectivity index (χ0v) is 13.1. The maximum atomic E-state index is 13.4. The van der Waals surface area contributed by atoms with Crippen molar-refractivity contribution >= 4 is 26.8 Å². The van der Waals surface area contributed by atoms with Gasteiger partial charge in [-0.15, -0.1) is 0 Å². The van der Waals surface area contributed by atoms with Gasteiger partial charge in [-0.1, -0.05) is 35.8 Å². The molecule has 0 bridgehead atoms. The second kappa shape index (κ2) is 4.77. The van der Waals surface area contributed by atoms with Crippen molar-refractivity contribution in [2.24, 2.45) is 12.8 Å². The Bertz CT molecular complexity index is 656. The monoisotopic (exact) mass is 348 g/mol. The second-order valence-corrected chi connectivity index (χ2v) is 6.45. The van der Waals surface area contributed by atoms with Crippen molar-refractivity contribution in [2.45, 2.75) is 25.4 Å². The van der Waals surface area contributed by atoms with Gasteiger partial charge in [0.05, 0.1) is 0 Å². The molecule has 0 saturated heterocycles. The van der Waals surface area contributed by atoms with E-state index in [1.165, 1.54) is 11.6 Å². The van der Waals surface area contributed by atoms with Gasteiger partial charge in [-0.05, 0) is 17.7 Å². The zero-order chi connectivity index (χ0) is 15.3. The fraction of sp³-hybridized carbons (Fsp3) is 0.429. The average molecular weight is 349 g/mol. The van der Waals surface area contributed by atoms with E-state index in [0.29, 0.717) is 10.9 Å². The number of nitrogens with zero attached hydrogens (tertiary/aromatic N) is 1. The molecule has 1 heterocycles. The van der Waals surface area contributed by atoms with Crippen LogP contribution < -0.4 is 5.73 Å². The van der Waals surface area contributed by atoms with Crippen molar-refractivity contribution in [3.8, 4) is 0 Å². The van der Waals surface area contributed by atoms with Crippen LogP contribution in [0.3, 0.4) is 0 Å². The summed E-state index contributed by atoms with van der Waals surface area (Å²) in [5.74, 6) is 0. The van der Waals surface area contributed by atoms with E-state index in [4.69, 9.17) is 5.73 Å². The van der Waals surface area contributed by atoms with E-state index >= 15 is 0 Å². The fourth-order valence-electron chi connectivity index (χ4n) is 2.53. The lowest BCUT2D eigenvalue weighted by molar-refractivity contribution is -0.143. The molecule has 0 aliphatic heterocycles. The first-order chi connectivity index (χ1) is 9.09. The zero-order valence-electron chi connectivity index (χ0n) is 11.5. The molecule has 2 N–H and O–H groups in total. The Labute approximate surface area is 123 Å². The molecule has 0 radical (unpaired) electrons. The Kier molecular flexibility index (Phi) is 3.67. The van der Waals surface area contributed by atoms with E-state index in [2.05, 4.69) is 15.9 Å². The van der Waals surface area contributed by atoms with Crippen molar-refractivity contribution in [3.63, 3.8) is 0 Å². The molecule has 6 heteroatoms. The summed E-state index contributed by atoms with van der Waals surface area (Å²) in [6.45, 7) is 3.61. The summed E-state index contributed by atoms with van der Waals surface area (Å²) in [6.07, 6.45) is -4.41. The third kappa shape index (κ3) is 2.35. The van der Waals surface area contributed by atoms with Gasteiger partial charge in [0.15, 0.2) is 0 Å². The number of rotatable bonds is 2. The second-order valence-electron chi connectivity index (χ2n) is 5.53. The van der Waals surface area contributed by atoms with Crippen LogP contribution in [0.5, 0.6) is 0 Å². The molecule has 0 fully saturated rings. The van der Waals surface area contributed by atoms with Gasteiger partial charge < -0.3 is 10.3 Å². The summed E-state index contributed by atoms with van der Waals surface area (Å²) >= 11 is 3.30. The Balaban J connectivity index is 2.96. The van der Waals surface area contributed by atoms with Crippen molar-refractivity contribution in [3.05, 3.63) is 33.9 Å². The molecular formula is C14H16BrF3N2. The van der Waals surface area contributed by atoms with Crippen molar-refractivity contribution < 1.29 is 13.2 Å². The third-order valence-electron chi connectivity index (χ3n) is 3.62. The van der Waals surface area contributed by atoms with Gasteiger partial charge in [0.1, 0.15) is 5.69 Å². The van der Waals surface area contributed by atoms with Gasteiger partial charge >= 0.3 is 6.18 Å². The highest BCUT2D eigenvalue weighted by molar-refractivity contribution is 9.10. The van der Waals surface area contributed by atoms with Crippen LogP contribution in [0.15, 0.2) is 22.7 Å². The number of hydrogen-bond donors (Lipinski definition) is 1. The van der Waals surface area contributed by atoms with E-state index in [0.717, 1.165) is 4.47 Å². The Morgan fingerprint density at radius 3 is 2.35 bits per heavy atom. The first-order valence-corrected chi connectivity index (χ1v) is 6.94. The minimum Gasteiger partial charge on any atom is -0.340 e. The normalized spacial score (nSPS) is 13.2. The average Bonchev–Trinajstić information content (AvgIpc) is 2.63. The van der Waals surface area contributed by atoms with E-state index in [-0.39, 0.29) is 12.1 Å². The lowest BCUT2D eigenvalue weighted by atomic mass is 9.82. The summed E-state index contributed by atoms with van der Waals surface area (Å²) in [6, 6.07) is 5.15. The van der Waals surface area contributed by atoms with Crippen LogP contribution in [0.1, 0.15) is 25.1 Å². The summed E-state index contributed by atoms with van der Waals surface area (Å²) in [5.41, 5.74) is 5.13. The van der Waals surface area contributed by atoms with Gasteiger partial charge in [0.25, 0.3) is 0 Å². The number of benzene rings is 1. The number of alkyl halides is 3. The van der Waals surface area contributed by atoms with Crippen LogP contribution in [0.2, 0.25) is 0 Å². The van der Waals surface area contributed by atoms with Crippen LogP contribution in [0.25, 0.3) is 10.9 Å². The highest BCUT2D eigenvalue weighted by Crippen LogP contribution is 2.43. The summed E-state index contributed by atoms with van der Waals surface area (Å²) < 4.78 is 42.3. The molecule has 2 nitrogen and oxygen atoms in total. The van der Waals surface area contributed by atoms with Crippen LogP contribution in [0.4, 0.5) is 13.2 Å². The maximum absolute atomic E-state index is 13.4. The van der Waals surface area contributed by atoms with E-state index in [1.54, 1.807) is 32.0 Å². The number of aryl methyl sites for hydroxylation is 1. The molecule has 20 heavy (non-hydrogen) atoms. The first-order valence-electron chi connectivity index (χ1n) is 6.15. The molecule has 110 valence electrons. The topological polar surface area (TPSA) is 30.9 Å². The molecule has 2 rings (SSSR count). The minimum absolute atomic E-state index is 0.144. The summed E-state index contributed by atoms with van der Waals surface area (Å²) in [4.78, 5) is 0. The molecule has 0 unspecified atom stereocenters. The van der Waals surface area contributed by atoms with Crippen LogP contribution in [-0.2, 0) is 18.6 Å². The largest absolute Gasteiger partial charge is 0.431 e. The molecule has 0 aliphatic rings. The molecule has 2 aromatic rings. The molecular weight excluding hydrogens is 333 g/mol. The first kappa shape index (κ1) is 15.4. The Hall–Kier alpha value is -1.01. The predicted octanol–water partition coefficient (Wildman–Crippen LogP) is 4.20. The highest BCUT2D eigenvalue weighted by atomic mass is 79.9. The Morgan fingerprint density at radius 1 is 1.25 bits per heavy atom. The lowest BCUT2D eigenvalue weighted by Gasteiger charge is -2.25. The molecule has 0 saturated carbocycles. The number of halogens is 4. The third-order valence-corrected chi connectivity index (χ3v) is 4.11. The van der Waals surface area contributed by atoms with Gasteiger partial charge in [-0.3, -0.25) is 0 Å². The predicted molar refractivity (Wildman–Crippen MR) is 77.7 cm³/mol. The van der Waals surface area contributed by atoms with Crippen LogP contribution >= 0.6 is 15.9 Å². The molecule has 0 amide bonds. The Morgan fingerprint density at radius 2 is 1.85 bits per heavy atom. The summed E-state index contributed by atoms with van der Waals surface area (Å²) in [7, 11) is 1.44. The van der Waals surface area contributed by atoms with Gasteiger partial charge in [0.2, 0.25) is 0 Å². The van der Waals surface area contributed by atoms with Crippen LogP contribution in [0, 0.1) is 0 Å². The number of hydrogen-bond acceptors (Lipinski definition) is 1. The molecule has 1 aromatic heterocycles. The smallest absolute Gasteiger partial charge is 0.340 e. The van der Waals surface area contributed by atoms with E-state index < -0.39 is 17.3 Å². The number of fused-ring (bicyclic) bond motifs is 1. The molecule has 0 spiro atoms. The maximum Gasteiger partial charge on any atom is 0.431 e. The quantitative estimate of drug-likeness (QED) is 0.866. The van der Waals surface area contributed by atoms with Crippen molar-refractivity contribution in [2.75, 3.05) is 6.54 Å². The van der Waals surface area contributed by atoms with E-state index in [1.807, 2.05) is 0 Å². The van der Waals surface area contributed by atoms with Crippen molar-refractivity contribution in [1.82, 2.24) is 4.57 Å². The fourth-order valence-corrected chi connectivity index (χ4v) is 2.88. The van der Waals surface area contributed by atoms with Gasteiger partial charge in [-0.2, -0.15) is 13.2 Å². The van der Waals surface area contributed by atoms with Crippen LogP contribution in [-0.4, -0.2) is 11.1 Å². The lowest BCUT2D eigenvalue weighted by Crippen LogP contribution is -2.31. The van der Waals surface area contributed by atoms with Crippen molar-refractivity contribution in [1.29, 1.82) is 0 Å². The molecule has 1 aromatic carbocycles. The highest BCUT2D eigenvalue weighted by Gasteiger charge is 2.42. The van der Waals surface area contributed by atoms with Gasteiger partial charge in [-0.25, -0.2) is 0 Å². The molecule has 0 aliphatic carbocycles. The minimum atomic E-state index is -4.41. The molecule has 0 atom stereocenters. The number of nitrogens with two attached hydrogens (primary N) is 1.